The Kier molecular flexibility index (Phi) is 3.46. The second-order valence-corrected chi connectivity index (χ2v) is 4.02. The molecule has 0 aliphatic carbocycles. The number of piperazine rings is 1. The molecular formula is C11H16N4O. The van der Waals surface area contributed by atoms with Crippen molar-refractivity contribution in [3.63, 3.8) is 0 Å². The molecule has 1 aromatic heterocycles. The maximum atomic E-state index is 10.5. The summed E-state index contributed by atoms with van der Waals surface area (Å²) in [5.74, 6) is 0.778. The summed E-state index contributed by atoms with van der Waals surface area (Å²) in [5, 5.41) is 0. The Balaban J connectivity index is 2.02. The topological polar surface area (TPSA) is 49.3 Å². The second-order valence-electron chi connectivity index (χ2n) is 4.02. The highest BCUT2D eigenvalue weighted by Gasteiger charge is 2.24. The van der Waals surface area contributed by atoms with Gasteiger partial charge in [0.1, 0.15) is 6.29 Å². The van der Waals surface area contributed by atoms with Crippen LogP contribution >= 0.6 is 0 Å². The number of hydrogen-bond donors (Lipinski definition) is 0. The molecule has 0 bridgehead atoms. The van der Waals surface area contributed by atoms with E-state index in [1.807, 2.05) is 6.07 Å². The molecule has 1 aliphatic rings. The Labute approximate surface area is 95.1 Å². The average molecular weight is 220 g/mol. The maximum Gasteiger partial charge on any atom is 0.225 e. The molecule has 0 radical (unpaired) electrons. The van der Waals surface area contributed by atoms with E-state index in [-0.39, 0.29) is 0 Å². The zero-order chi connectivity index (χ0) is 11.4. The third-order valence-corrected chi connectivity index (χ3v) is 2.85. The summed E-state index contributed by atoms with van der Waals surface area (Å²) in [4.78, 5) is 23.3. The number of rotatable bonds is 3. The van der Waals surface area contributed by atoms with Crippen LogP contribution in [-0.2, 0) is 4.79 Å². The first-order chi connectivity index (χ1) is 7.81. The molecule has 5 heteroatoms. The molecule has 1 atom stereocenters. The number of aldehydes is 1. The Bertz CT molecular complexity index is 343. The van der Waals surface area contributed by atoms with Gasteiger partial charge in [-0.2, -0.15) is 0 Å². The molecule has 0 saturated carbocycles. The summed E-state index contributed by atoms with van der Waals surface area (Å²) in [6.07, 6.45) is 4.47. The van der Waals surface area contributed by atoms with E-state index in [4.69, 9.17) is 0 Å². The average Bonchev–Trinajstić information content (AvgIpc) is 2.31. The predicted octanol–water partition coefficient (Wildman–Crippen LogP) is 0.186. The molecule has 0 aromatic carbocycles. The van der Waals surface area contributed by atoms with Gasteiger partial charge in [0.25, 0.3) is 0 Å². The van der Waals surface area contributed by atoms with Gasteiger partial charge in [0.2, 0.25) is 5.95 Å². The lowest BCUT2D eigenvalue weighted by atomic mass is 10.2. The fraction of sp³-hybridized carbons (Fsp3) is 0.545. The molecule has 5 nitrogen and oxygen atoms in total. The minimum atomic E-state index is 0.344. The van der Waals surface area contributed by atoms with Gasteiger partial charge in [-0.1, -0.05) is 0 Å². The maximum absolute atomic E-state index is 10.5. The van der Waals surface area contributed by atoms with Crippen LogP contribution < -0.4 is 4.90 Å². The van der Waals surface area contributed by atoms with Crippen molar-refractivity contribution in [1.82, 2.24) is 14.9 Å². The fourth-order valence-electron chi connectivity index (χ4n) is 2.04. The molecule has 1 aliphatic heterocycles. The van der Waals surface area contributed by atoms with E-state index >= 15 is 0 Å². The van der Waals surface area contributed by atoms with Gasteiger partial charge in [-0.15, -0.1) is 0 Å². The van der Waals surface area contributed by atoms with Crippen molar-refractivity contribution in [1.29, 1.82) is 0 Å². The molecular weight excluding hydrogens is 204 g/mol. The quantitative estimate of drug-likeness (QED) is 0.680. The number of nitrogens with zero attached hydrogens (tertiary/aromatic N) is 4. The lowest BCUT2D eigenvalue weighted by molar-refractivity contribution is -0.109. The monoisotopic (exact) mass is 220 g/mol. The summed E-state index contributed by atoms with van der Waals surface area (Å²) in [5.41, 5.74) is 0. The number of aromatic nitrogens is 2. The summed E-state index contributed by atoms with van der Waals surface area (Å²) in [7, 11) is 0. The molecule has 1 unspecified atom stereocenters. The van der Waals surface area contributed by atoms with E-state index in [0.29, 0.717) is 12.6 Å². The van der Waals surface area contributed by atoms with Gasteiger partial charge in [-0.05, 0) is 13.0 Å². The van der Waals surface area contributed by atoms with Crippen LogP contribution in [0.1, 0.15) is 6.92 Å². The van der Waals surface area contributed by atoms with E-state index in [2.05, 4.69) is 26.7 Å². The van der Waals surface area contributed by atoms with Crippen molar-refractivity contribution in [3.05, 3.63) is 18.5 Å². The van der Waals surface area contributed by atoms with Gasteiger partial charge in [0.15, 0.2) is 0 Å². The van der Waals surface area contributed by atoms with Crippen LogP contribution in [0.3, 0.4) is 0 Å². The van der Waals surface area contributed by atoms with Gasteiger partial charge >= 0.3 is 0 Å². The van der Waals surface area contributed by atoms with Crippen molar-refractivity contribution < 1.29 is 4.79 Å². The van der Waals surface area contributed by atoms with Crippen LogP contribution in [0.5, 0.6) is 0 Å². The van der Waals surface area contributed by atoms with E-state index in [1.54, 1.807) is 12.4 Å². The molecule has 1 fully saturated rings. The van der Waals surface area contributed by atoms with E-state index in [0.717, 1.165) is 31.9 Å². The summed E-state index contributed by atoms with van der Waals surface area (Å²) >= 11 is 0. The smallest absolute Gasteiger partial charge is 0.225 e. The van der Waals surface area contributed by atoms with Crippen molar-refractivity contribution >= 4 is 12.2 Å². The minimum Gasteiger partial charge on any atom is -0.336 e. The number of carbonyl (C=O) groups is 1. The highest BCUT2D eigenvalue weighted by atomic mass is 16.1. The molecule has 0 amide bonds. The van der Waals surface area contributed by atoms with Gasteiger partial charge in [0.05, 0.1) is 6.54 Å². The van der Waals surface area contributed by atoms with Crippen molar-refractivity contribution in [3.8, 4) is 0 Å². The minimum absolute atomic E-state index is 0.344. The van der Waals surface area contributed by atoms with Gasteiger partial charge < -0.3 is 9.69 Å². The predicted molar refractivity (Wildman–Crippen MR) is 61.3 cm³/mol. The highest BCUT2D eigenvalue weighted by molar-refractivity contribution is 5.52. The largest absolute Gasteiger partial charge is 0.336 e. The van der Waals surface area contributed by atoms with Crippen LogP contribution in [0.15, 0.2) is 18.5 Å². The fourth-order valence-corrected chi connectivity index (χ4v) is 2.04. The second kappa shape index (κ2) is 5.03. The van der Waals surface area contributed by atoms with E-state index < -0.39 is 0 Å². The third kappa shape index (κ3) is 2.36. The SMILES string of the molecule is CC1CN(CC=O)CCN1c1ncccn1. The Morgan fingerprint density at radius 2 is 2.19 bits per heavy atom. The Hall–Kier alpha value is -1.49. The molecule has 1 saturated heterocycles. The van der Waals surface area contributed by atoms with Crippen molar-refractivity contribution in [2.75, 3.05) is 31.1 Å². The number of hydrogen-bond acceptors (Lipinski definition) is 5. The normalized spacial score (nSPS) is 22.1. The van der Waals surface area contributed by atoms with E-state index in [1.165, 1.54) is 0 Å². The lowest BCUT2D eigenvalue weighted by Gasteiger charge is -2.39. The first kappa shape index (κ1) is 11.0. The van der Waals surface area contributed by atoms with Gasteiger partial charge in [-0.3, -0.25) is 4.90 Å². The molecule has 2 heterocycles. The van der Waals surface area contributed by atoms with Crippen LogP contribution in [0.2, 0.25) is 0 Å². The first-order valence-corrected chi connectivity index (χ1v) is 5.51. The highest BCUT2D eigenvalue weighted by Crippen LogP contribution is 2.14. The molecule has 0 spiro atoms. The summed E-state index contributed by atoms with van der Waals surface area (Å²) in [6.45, 7) is 5.30. The molecule has 2 rings (SSSR count). The zero-order valence-corrected chi connectivity index (χ0v) is 9.41. The summed E-state index contributed by atoms with van der Waals surface area (Å²) < 4.78 is 0. The van der Waals surface area contributed by atoms with E-state index in [9.17, 15) is 4.79 Å². The third-order valence-electron chi connectivity index (χ3n) is 2.85. The Morgan fingerprint density at radius 1 is 1.44 bits per heavy atom. The zero-order valence-electron chi connectivity index (χ0n) is 9.41. The van der Waals surface area contributed by atoms with Crippen LogP contribution in [0, 0.1) is 0 Å². The first-order valence-electron chi connectivity index (χ1n) is 5.51. The standard InChI is InChI=1S/C11H16N4O/c1-10-9-14(7-8-16)5-6-15(10)11-12-3-2-4-13-11/h2-4,8,10H,5-7,9H2,1H3. The molecule has 0 N–H and O–H groups in total. The van der Waals surface area contributed by atoms with Crippen LogP contribution in [0.4, 0.5) is 5.95 Å². The van der Waals surface area contributed by atoms with Crippen LogP contribution in [-0.4, -0.2) is 53.4 Å². The number of anilines is 1. The summed E-state index contributed by atoms with van der Waals surface area (Å²) in [6, 6.07) is 2.16. The van der Waals surface area contributed by atoms with Crippen molar-refractivity contribution in [2.45, 2.75) is 13.0 Å². The molecule has 86 valence electrons. The van der Waals surface area contributed by atoms with Gasteiger partial charge in [-0.25, -0.2) is 9.97 Å². The molecule has 1 aromatic rings. The number of carbonyl (C=O) groups excluding carboxylic acids is 1. The van der Waals surface area contributed by atoms with Gasteiger partial charge in [0, 0.05) is 38.1 Å². The lowest BCUT2D eigenvalue weighted by Crippen LogP contribution is -2.52. The van der Waals surface area contributed by atoms with Crippen LogP contribution in [0.25, 0.3) is 0 Å². The Morgan fingerprint density at radius 3 is 2.81 bits per heavy atom. The molecule has 16 heavy (non-hydrogen) atoms. The van der Waals surface area contributed by atoms with Crippen molar-refractivity contribution in [2.24, 2.45) is 0 Å².